The van der Waals surface area contributed by atoms with Gasteiger partial charge >= 0.3 is 6.03 Å². The second-order valence-corrected chi connectivity index (χ2v) is 6.35. The number of aryl methyl sites for hydroxylation is 1. The molecule has 0 saturated heterocycles. The number of benzene rings is 1. The third-order valence-corrected chi connectivity index (χ3v) is 4.41. The summed E-state index contributed by atoms with van der Waals surface area (Å²) in [4.78, 5) is 15.0. The van der Waals surface area contributed by atoms with Gasteiger partial charge < -0.3 is 19.7 Å². The third-order valence-electron chi connectivity index (χ3n) is 3.63. The Balaban J connectivity index is 1.73. The van der Waals surface area contributed by atoms with Crippen molar-refractivity contribution in [3.63, 3.8) is 0 Å². The van der Waals surface area contributed by atoms with Crippen molar-refractivity contribution >= 4 is 23.5 Å². The lowest BCUT2D eigenvalue weighted by Crippen LogP contribution is -2.31. The average molecular weight is 348 g/mol. The topological polar surface area (TPSA) is 68.6 Å². The molecule has 1 aromatic carbocycles. The summed E-state index contributed by atoms with van der Waals surface area (Å²) in [6.07, 6.45) is 5.60. The van der Waals surface area contributed by atoms with E-state index in [0.29, 0.717) is 31.3 Å². The van der Waals surface area contributed by atoms with E-state index in [1.807, 2.05) is 31.6 Å². The van der Waals surface area contributed by atoms with Crippen molar-refractivity contribution in [3.05, 3.63) is 30.1 Å². The molecule has 2 aromatic rings. The van der Waals surface area contributed by atoms with E-state index in [1.165, 1.54) is 0 Å². The molecule has 3 rings (SSSR count). The molecule has 0 unspecified atom stereocenters. The number of hydrogen-bond donors (Lipinski definition) is 1. The highest BCUT2D eigenvalue weighted by molar-refractivity contribution is 7.98. The second-order valence-electron chi connectivity index (χ2n) is 5.50. The van der Waals surface area contributed by atoms with Gasteiger partial charge in [-0.25, -0.2) is 4.79 Å². The zero-order chi connectivity index (χ0) is 17.1. The maximum atomic E-state index is 12.5. The summed E-state index contributed by atoms with van der Waals surface area (Å²) in [5.41, 5.74) is 1.69. The van der Waals surface area contributed by atoms with Crippen LogP contribution in [-0.4, -0.2) is 47.2 Å². The maximum absolute atomic E-state index is 12.5. The second kappa shape index (κ2) is 7.04. The van der Waals surface area contributed by atoms with Gasteiger partial charge in [0.25, 0.3) is 0 Å². The molecule has 0 bridgehead atoms. The number of nitrogens with one attached hydrogen (secondary N) is 1. The van der Waals surface area contributed by atoms with E-state index in [0.717, 1.165) is 16.1 Å². The van der Waals surface area contributed by atoms with Crippen LogP contribution in [0.1, 0.15) is 5.56 Å². The molecule has 1 N–H and O–H groups in total. The molecule has 8 heteroatoms. The number of ether oxygens (including phenoxy) is 2. The number of amides is 2. The Labute approximate surface area is 144 Å². The molecule has 0 spiro atoms. The average Bonchev–Trinajstić information content (AvgIpc) is 2.99. The highest BCUT2D eigenvalue weighted by atomic mass is 32.2. The minimum absolute atomic E-state index is 0.189. The van der Waals surface area contributed by atoms with Crippen LogP contribution in [0.3, 0.4) is 0 Å². The van der Waals surface area contributed by atoms with Crippen LogP contribution in [0.2, 0.25) is 0 Å². The summed E-state index contributed by atoms with van der Waals surface area (Å²) in [7, 11) is 3.60. The monoisotopic (exact) mass is 348 g/mol. The molecule has 0 radical (unpaired) electrons. The van der Waals surface area contributed by atoms with Crippen LogP contribution in [0, 0.1) is 0 Å². The predicted octanol–water partition coefficient (Wildman–Crippen LogP) is 2.58. The van der Waals surface area contributed by atoms with Crippen molar-refractivity contribution in [2.24, 2.45) is 7.05 Å². The van der Waals surface area contributed by atoms with Gasteiger partial charge in [-0.05, 0) is 12.3 Å². The van der Waals surface area contributed by atoms with Crippen LogP contribution < -0.4 is 14.8 Å². The Kier molecular flexibility index (Phi) is 4.84. The molecule has 0 fully saturated rings. The first-order valence-electron chi connectivity index (χ1n) is 7.54. The molecular formula is C16H20N4O3S. The number of anilines is 1. The van der Waals surface area contributed by atoms with E-state index in [1.54, 1.807) is 34.6 Å². The van der Waals surface area contributed by atoms with Crippen LogP contribution in [0.5, 0.6) is 11.5 Å². The van der Waals surface area contributed by atoms with Crippen molar-refractivity contribution in [2.45, 2.75) is 11.4 Å². The van der Waals surface area contributed by atoms with Crippen molar-refractivity contribution < 1.29 is 14.3 Å². The number of hydrogen-bond acceptors (Lipinski definition) is 5. The summed E-state index contributed by atoms with van der Waals surface area (Å²) in [6.45, 7) is 1.54. The van der Waals surface area contributed by atoms with Gasteiger partial charge in [-0.3, -0.25) is 4.68 Å². The Morgan fingerprint density at radius 2 is 2.08 bits per heavy atom. The number of fused-ring (bicyclic) bond motifs is 1. The van der Waals surface area contributed by atoms with Crippen molar-refractivity contribution in [1.82, 2.24) is 14.7 Å². The van der Waals surface area contributed by atoms with Crippen molar-refractivity contribution in [1.29, 1.82) is 0 Å². The Morgan fingerprint density at radius 3 is 2.71 bits per heavy atom. The van der Waals surface area contributed by atoms with E-state index < -0.39 is 0 Å². The molecule has 7 nitrogen and oxygen atoms in total. The largest absolute Gasteiger partial charge is 0.486 e. The van der Waals surface area contributed by atoms with E-state index in [2.05, 4.69) is 10.4 Å². The molecule has 128 valence electrons. The number of carbonyl (C=O) groups is 1. The van der Waals surface area contributed by atoms with Gasteiger partial charge in [0.1, 0.15) is 13.2 Å². The zero-order valence-corrected chi connectivity index (χ0v) is 14.7. The number of rotatable bonds is 4. The van der Waals surface area contributed by atoms with Gasteiger partial charge in [0.15, 0.2) is 11.5 Å². The molecule has 0 aliphatic carbocycles. The fraction of sp³-hybridized carbons (Fsp3) is 0.375. The van der Waals surface area contributed by atoms with E-state index in [9.17, 15) is 4.79 Å². The smallest absolute Gasteiger partial charge is 0.321 e. The summed E-state index contributed by atoms with van der Waals surface area (Å²) < 4.78 is 12.9. The summed E-state index contributed by atoms with van der Waals surface area (Å²) >= 11 is 1.55. The quantitative estimate of drug-likeness (QED) is 0.860. The molecule has 2 heterocycles. The first-order valence-corrected chi connectivity index (χ1v) is 8.76. The van der Waals surface area contributed by atoms with Gasteiger partial charge in [-0.15, -0.1) is 11.8 Å². The lowest BCUT2D eigenvalue weighted by Gasteiger charge is -2.22. The fourth-order valence-corrected chi connectivity index (χ4v) is 3.00. The zero-order valence-electron chi connectivity index (χ0n) is 13.9. The number of aromatic nitrogens is 2. The molecule has 1 aliphatic rings. The SMILES string of the molecule is CSc1cc2c(cc1NC(=O)N(C)Cc1cnn(C)c1)OCCO2. The minimum Gasteiger partial charge on any atom is -0.486 e. The van der Waals surface area contributed by atoms with Crippen LogP contribution in [0.4, 0.5) is 10.5 Å². The normalized spacial score (nSPS) is 12.8. The van der Waals surface area contributed by atoms with E-state index >= 15 is 0 Å². The third kappa shape index (κ3) is 3.59. The molecule has 2 amide bonds. The fourth-order valence-electron chi connectivity index (χ4n) is 2.45. The minimum atomic E-state index is -0.189. The van der Waals surface area contributed by atoms with Gasteiger partial charge in [-0.1, -0.05) is 0 Å². The standard InChI is InChI=1S/C16H20N4O3S/c1-19(9-11-8-17-20(2)10-11)16(21)18-12-6-13-14(7-15(12)24-3)23-5-4-22-13/h6-8,10H,4-5,9H2,1-3H3,(H,18,21). The van der Waals surface area contributed by atoms with Crippen LogP contribution >= 0.6 is 11.8 Å². The number of nitrogens with zero attached hydrogens (tertiary/aromatic N) is 3. The molecular weight excluding hydrogens is 328 g/mol. The molecule has 24 heavy (non-hydrogen) atoms. The van der Waals surface area contributed by atoms with Gasteiger partial charge in [0.2, 0.25) is 0 Å². The lowest BCUT2D eigenvalue weighted by molar-refractivity contribution is 0.171. The Hall–Kier alpha value is -2.35. The van der Waals surface area contributed by atoms with Crippen molar-refractivity contribution in [3.8, 4) is 11.5 Å². The molecule has 0 atom stereocenters. The first kappa shape index (κ1) is 16.5. The van der Waals surface area contributed by atoms with Gasteiger partial charge in [-0.2, -0.15) is 5.10 Å². The summed E-state index contributed by atoms with van der Waals surface area (Å²) in [6, 6.07) is 3.53. The van der Waals surface area contributed by atoms with Crippen LogP contribution in [0.15, 0.2) is 29.4 Å². The summed E-state index contributed by atoms with van der Waals surface area (Å²) in [5, 5.41) is 7.05. The van der Waals surface area contributed by atoms with Gasteiger partial charge in [0, 0.05) is 36.8 Å². The number of thioether (sulfide) groups is 1. The highest BCUT2D eigenvalue weighted by Gasteiger charge is 2.18. The molecule has 1 aromatic heterocycles. The van der Waals surface area contributed by atoms with E-state index in [-0.39, 0.29) is 6.03 Å². The van der Waals surface area contributed by atoms with Crippen molar-refractivity contribution in [2.75, 3.05) is 31.8 Å². The van der Waals surface area contributed by atoms with Crippen LogP contribution in [-0.2, 0) is 13.6 Å². The maximum Gasteiger partial charge on any atom is 0.321 e. The first-order chi connectivity index (χ1) is 11.6. The highest BCUT2D eigenvalue weighted by Crippen LogP contribution is 2.39. The van der Waals surface area contributed by atoms with Crippen LogP contribution in [0.25, 0.3) is 0 Å². The predicted molar refractivity (Wildman–Crippen MR) is 92.9 cm³/mol. The van der Waals surface area contributed by atoms with Gasteiger partial charge in [0.05, 0.1) is 18.4 Å². The summed E-state index contributed by atoms with van der Waals surface area (Å²) in [5.74, 6) is 1.37. The lowest BCUT2D eigenvalue weighted by atomic mass is 10.2. The molecule has 0 saturated carbocycles. The Morgan fingerprint density at radius 1 is 1.38 bits per heavy atom. The number of urea groups is 1. The number of carbonyl (C=O) groups excluding carboxylic acids is 1. The Bertz CT molecular complexity index is 747. The van der Waals surface area contributed by atoms with E-state index in [4.69, 9.17) is 9.47 Å². The molecule has 1 aliphatic heterocycles.